The van der Waals surface area contributed by atoms with Crippen LogP contribution in [0.15, 0.2) is 35.0 Å². The first kappa shape index (κ1) is 36.8. The first-order valence-corrected chi connectivity index (χ1v) is 20.4. The zero-order valence-corrected chi connectivity index (χ0v) is 31.2. The topological polar surface area (TPSA) is 174 Å². The van der Waals surface area contributed by atoms with Gasteiger partial charge in [0.1, 0.15) is 45.3 Å². The van der Waals surface area contributed by atoms with Gasteiger partial charge in [0, 0.05) is 30.3 Å². The lowest BCUT2D eigenvalue weighted by Gasteiger charge is -2.30. The third-order valence-electron chi connectivity index (χ3n) is 9.59. The molecule has 3 aliphatic rings. The predicted octanol–water partition coefficient (Wildman–Crippen LogP) is 3.68. The summed E-state index contributed by atoms with van der Waals surface area (Å²) in [7, 11) is 0. The van der Waals surface area contributed by atoms with E-state index in [4.69, 9.17) is 0 Å². The molecule has 3 aliphatic heterocycles. The second-order valence-corrected chi connectivity index (χ2v) is 16.2. The predicted molar refractivity (Wildman–Crippen MR) is 196 cm³/mol. The average molecular weight is 754 g/mol. The van der Waals surface area contributed by atoms with E-state index in [-0.39, 0.29) is 47.3 Å². The molecule has 5 heterocycles. The van der Waals surface area contributed by atoms with Gasteiger partial charge in [0.2, 0.25) is 17.7 Å². The third-order valence-corrected chi connectivity index (χ3v) is 12.1. The third kappa shape index (κ3) is 8.23. The Balaban J connectivity index is 1.37. The number of thioether (sulfide) groups is 1. The minimum atomic E-state index is -1.02. The molecular formula is C35H43N7O6S3. The van der Waals surface area contributed by atoms with Crippen LogP contribution < -0.4 is 16.0 Å². The van der Waals surface area contributed by atoms with Crippen molar-refractivity contribution in [2.45, 2.75) is 82.6 Å². The van der Waals surface area contributed by atoms with E-state index < -0.39 is 41.9 Å². The van der Waals surface area contributed by atoms with Crippen molar-refractivity contribution in [3.63, 3.8) is 0 Å². The Kier molecular flexibility index (Phi) is 11.6. The van der Waals surface area contributed by atoms with Crippen LogP contribution >= 0.6 is 34.4 Å². The molecule has 2 fully saturated rings. The number of hydrogen-bond donors (Lipinski definition) is 4. The summed E-state index contributed by atoms with van der Waals surface area (Å²) in [5, 5.41) is 23.2. The number of nitrogens with one attached hydrogen (secondary N) is 3. The van der Waals surface area contributed by atoms with Crippen molar-refractivity contribution in [3.05, 3.63) is 62.0 Å². The molecule has 16 heteroatoms. The van der Waals surface area contributed by atoms with Gasteiger partial charge in [-0.2, -0.15) is 11.8 Å². The quantitative estimate of drug-likeness (QED) is 0.293. The molecule has 3 aromatic rings. The molecule has 6 rings (SSSR count). The number of nitrogens with zero attached hydrogens (tertiary/aromatic N) is 4. The molecule has 0 saturated carbocycles. The van der Waals surface area contributed by atoms with Gasteiger partial charge in [-0.1, -0.05) is 26.0 Å². The lowest BCUT2D eigenvalue weighted by atomic mass is 10.0. The lowest BCUT2D eigenvalue weighted by Crippen LogP contribution is -2.54. The van der Waals surface area contributed by atoms with Gasteiger partial charge in [-0.15, -0.1) is 22.7 Å². The molecule has 2 saturated heterocycles. The Morgan fingerprint density at radius 2 is 1.39 bits per heavy atom. The molecule has 51 heavy (non-hydrogen) atoms. The number of carbonyl (C=O) groups excluding carboxylic acids is 5. The molecule has 5 amide bonds. The number of fused-ring (bicyclic) bond motifs is 7. The smallest absolute Gasteiger partial charge is 0.271 e. The van der Waals surface area contributed by atoms with E-state index in [1.807, 2.05) is 20.1 Å². The number of phenolic OH excluding ortho intramolecular Hbond substituents is 1. The zero-order chi connectivity index (χ0) is 36.2. The van der Waals surface area contributed by atoms with E-state index in [1.54, 1.807) is 39.6 Å². The van der Waals surface area contributed by atoms with Crippen molar-refractivity contribution in [1.29, 1.82) is 0 Å². The number of phenols is 1. The van der Waals surface area contributed by atoms with Gasteiger partial charge in [0.25, 0.3) is 11.8 Å². The first-order valence-electron chi connectivity index (χ1n) is 17.2. The average Bonchev–Trinajstić information content (AvgIpc) is 3.94. The Bertz CT molecular complexity index is 1760. The Hall–Kier alpha value is -4.02. The van der Waals surface area contributed by atoms with E-state index >= 15 is 0 Å². The summed E-state index contributed by atoms with van der Waals surface area (Å²) in [5.41, 5.74) is 1.02. The number of aromatic hydroxyl groups is 1. The lowest BCUT2D eigenvalue weighted by molar-refractivity contribution is -0.140. The summed E-state index contributed by atoms with van der Waals surface area (Å²) >= 11 is 4.12. The highest BCUT2D eigenvalue weighted by molar-refractivity contribution is 7.98. The number of amides is 5. The Morgan fingerprint density at radius 3 is 2.04 bits per heavy atom. The second-order valence-electron chi connectivity index (χ2n) is 13.5. The monoisotopic (exact) mass is 753 g/mol. The van der Waals surface area contributed by atoms with E-state index in [0.29, 0.717) is 54.5 Å². The molecule has 4 bridgehead atoms. The number of benzene rings is 1. The fourth-order valence-corrected chi connectivity index (χ4v) is 9.30. The number of hydrogen-bond acceptors (Lipinski definition) is 11. The van der Waals surface area contributed by atoms with Gasteiger partial charge in [-0.3, -0.25) is 24.0 Å². The van der Waals surface area contributed by atoms with Crippen LogP contribution in [0.2, 0.25) is 0 Å². The molecule has 0 radical (unpaired) electrons. The molecule has 0 spiro atoms. The summed E-state index contributed by atoms with van der Waals surface area (Å²) in [6.45, 7) is 4.73. The van der Waals surface area contributed by atoms with Crippen LogP contribution in [0, 0.1) is 5.92 Å². The first-order chi connectivity index (χ1) is 24.5. The maximum Gasteiger partial charge on any atom is 0.271 e. The summed E-state index contributed by atoms with van der Waals surface area (Å²) in [5.74, 6) is -1.31. The molecule has 2 aromatic heterocycles. The summed E-state index contributed by atoms with van der Waals surface area (Å²) in [4.78, 5) is 82.1. The highest BCUT2D eigenvalue weighted by Gasteiger charge is 2.40. The van der Waals surface area contributed by atoms with Crippen molar-refractivity contribution >= 4 is 64.0 Å². The van der Waals surface area contributed by atoms with Crippen LogP contribution in [0.5, 0.6) is 5.75 Å². The zero-order valence-electron chi connectivity index (χ0n) is 28.8. The summed E-state index contributed by atoms with van der Waals surface area (Å²) in [6, 6.07) is 2.97. The van der Waals surface area contributed by atoms with Crippen molar-refractivity contribution < 1.29 is 29.1 Å². The minimum absolute atomic E-state index is 0.0783. The van der Waals surface area contributed by atoms with E-state index in [0.717, 1.165) is 12.0 Å². The SMILES string of the molecule is CSCCC1NC(=O)c2csc(n2)C(C(C)C)NC(=O)C2CCCN2C(=O)C(Cc2ccc(O)cc2)NC(=O)c2csc(n2)C2CCCN2C1=O. The van der Waals surface area contributed by atoms with Crippen molar-refractivity contribution in [1.82, 2.24) is 35.7 Å². The van der Waals surface area contributed by atoms with Crippen LogP contribution in [-0.4, -0.2) is 97.6 Å². The van der Waals surface area contributed by atoms with Gasteiger partial charge in [0.15, 0.2) is 0 Å². The summed E-state index contributed by atoms with van der Waals surface area (Å²) < 4.78 is 0. The number of thiazole rings is 2. The molecule has 1 aromatic carbocycles. The molecule has 0 aliphatic carbocycles. The molecule has 272 valence electrons. The maximum atomic E-state index is 14.3. The Labute approximate surface area is 309 Å². The van der Waals surface area contributed by atoms with Crippen LogP contribution in [0.4, 0.5) is 0 Å². The fraction of sp³-hybridized carbons (Fsp3) is 0.514. The standard InChI is InChI=1S/C35H43N7O6S3/c1-19(2)28-33-39-25(18-51-33)29(44)36-22(12-15-49-3)34(47)42-14-5-7-27(42)32-38-24(17-50-32)30(45)37-23(16-20-8-10-21(43)11-9-20)35(48)41-13-4-6-26(41)31(46)40-28/h8-11,17-19,22-23,26-28,43H,4-7,12-16H2,1-3H3,(H,36,44)(H,37,45)(H,40,46). The van der Waals surface area contributed by atoms with Gasteiger partial charge in [-0.25, -0.2) is 9.97 Å². The molecule has 13 nitrogen and oxygen atoms in total. The van der Waals surface area contributed by atoms with E-state index in [1.165, 1.54) is 39.7 Å². The van der Waals surface area contributed by atoms with Crippen molar-refractivity contribution in [3.8, 4) is 5.75 Å². The van der Waals surface area contributed by atoms with Crippen LogP contribution in [-0.2, 0) is 20.8 Å². The second kappa shape index (κ2) is 16.1. The summed E-state index contributed by atoms with van der Waals surface area (Å²) in [6.07, 6.45) is 4.98. The largest absolute Gasteiger partial charge is 0.508 e. The number of rotatable bonds is 6. The van der Waals surface area contributed by atoms with Gasteiger partial charge in [0.05, 0.1) is 12.1 Å². The van der Waals surface area contributed by atoms with Crippen LogP contribution in [0.3, 0.4) is 0 Å². The highest BCUT2D eigenvalue weighted by Crippen LogP contribution is 2.35. The van der Waals surface area contributed by atoms with Gasteiger partial charge >= 0.3 is 0 Å². The molecular weight excluding hydrogens is 711 g/mol. The maximum absolute atomic E-state index is 14.3. The normalized spacial score (nSPS) is 24.9. The van der Waals surface area contributed by atoms with E-state index in [2.05, 4.69) is 25.9 Å². The van der Waals surface area contributed by atoms with E-state index in [9.17, 15) is 29.1 Å². The van der Waals surface area contributed by atoms with Crippen molar-refractivity contribution in [2.24, 2.45) is 5.92 Å². The highest BCUT2D eigenvalue weighted by atomic mass is 32.2. The van der Waals surface area contributed by atoms with Crippen molar-refractivity contribution in [2.75, 3.05) is 25.1 Å². The van der Waals surface area contributed by atoms with Gasteiger partial charge < -0.3 is 30.9 Å². The number of aromatic nitrogens is 2. The van der Waals surface area contributed by atoms with Crippen LogP contribution in [0.25, 0.3) is 0 Å². The van der Waals surface area contributed by atoms with Gasteiger partial charge in [-0.05, 0) is 67.7 Å². The molecule has 4 N–H and O–H groups in total. The minimum Gasteiger partial charge on any atom is -0.508 e. The Morgan fingerprint density at radius 1 is 0.824 bits per heavy atom. The molecule has 5 unspecified atom stereocenters. The molecule has 5 atom stereocenters. The van der Waals surface area contributed by atoms with Crippen LogP contribution in [0.1, 0.15) is 94.6 Å². The fourth-order valence-electron chi connectivity index (χ4n) is 6.86. The number of carbonyl (C=O) groups is 5.